The molecule has 12 rings (SSSR count). The molecule has 20 heteroatoms. The van der Waals surface area contributed by atoms with E-state index in [-0.39, 0.29) is 56.5 Å². The van der Waals surface area contributed by atoms with Crippen LogP contribution in [0, 0.1) is 11.6 Å². The van der Waals surface area contributed by atoms with Crippen molar-refractivity contribution in [2.75, 3.05) is 19.9 Å². The van der Waals surface area contributed by atoms with Gasteiger partial charge in [0.25, 0.3) is 23.6 Å². The van der Waals surface area contributed by atoms with E-state index in [0.717, 1.165) is 75.8 Å². The number of hydrogen-bond acceptors (Lipinski definition) is 12. The van der Waals surface area contributed by atoms with Crippen LogP contribution in [-0.4, -0.2) is 77.6 Å². The Morgan fingerprint density at radius 3 is 1.82 bits per heavy atom. The van der Waals surface area contributed by atoms with Gasteiger partial charge in [0.05, 0.1) is 33.0 Å². The number of H-pyrrole nitrogens is 1. The molecule has 0 saturated heterocycles. The van der Waals surface area contributed by atoms with E-state index in [4.69, 9.17) is 0 Å². The maximum atomic E-state index is 15.8. The van der Waals surface area contributed by atoms with Crippen molar-refractivity contribution in [3.63, 3.8) is 0 Å². The summed E-state index contributed by atoms with van der Waals surface area (Å²) < 4.78 is 31.9. The predicted octanol–water partition coefficient (Wildman–Crippen LogP) is 7.20. The normalized spacial score (nSPS) is 14.6. The van der Waals surface area contributed by atoms with Crippen molar-refractivity contribution in [3.8, 4) is 0 Å². The number of hydrogen-bond donors (Lipinski definition) is 4. The Balaban J connectivity index is 0.000000151. The van der Waals surface area contributed by atoms with Gasteiger partial charge in [-0.05, 0) is 123 Å². The number of rotatable bonds is 8. The highest BCUT2D eigenvalue weighted by atomic mass is 19.1. The number of nitrogens with zero attached hydrogens (tertiary/aromatic N) is 8. The van der Waals surface area contributed by atoms with Gasteiger partial charge in [0, 0.05) is 11.4 Å². The molecule has 0 spiro atoms. The Kier molecular flexibility index (Phi) is 10.2. The van der Waals surface area contributed by atoms with Gasteiger partial charge in [-0.15, -0.1) is 0 Å². The number of carbonyl (C=O) groups is 4. The number of nitrogens with one attached hydrogen (secondary N) is 2. The molecule has 0 fully saturated rings. The smallest absolute Gasteiger partial charge is 0.432 e. The predicted molar refractivity (Wildman–Crippen MR) is 252 cm³/mol. The van der Waals surface area contributed by atoms with Crippen molar-refractivity contribution in [1.29, 1.82) is 0 Å². The van der Waals surface area contributed by atoms with Crippen molar-refractivity contribution in [2.45, 2.75) is 52.2 Å². The van der Waals surface area contributed by atoms with Gasteiger partial charge < -0.3 is 20.2 Å². The van der Waals surface area contributed by atoms with E-state index < -0.39 is 49.4 Å². The number of carbonyl (C=O) groups excluding carboxylic acids is 4. The van der Waals surface area contributed by atoms with Crippen molar-refractivity contribution in [2.24, 2.45) is 0 Å². The molecular formula is C48H38B2F2N10O6. The third-order valence-corrected chi connectivity index (χ3v) is 12.8. The van der Waals surface area contributed by atoms with Gasteiger partial charge in [0.1, 0.15) is 0 Å². The van der Waals surface area contributed by atoms with E-state index in [9.17, 15) is 29.2 Å². The number of pyridine rings is 2. The zero-order valence-corrected chi connectivity index (χ0v) is 36.5. The second-order valence-corrected chi connectivity index (χ2v) is 17.0. The summed E-state index contributed by atoms with van der Waals surface area (Å²) in [7, 11) is -2.32. The molecule has 0 atom stereocenters. The first-order chi connectivity index (χ1) is 32.9. The summed E-state index contributed by atoms with van der Waals surface area (Å²) in [6.45, 7) is 2.97. The second-order valence-electron chi connectivity index (χ2n) is 17.0. The molecule has 6 heterocycles. The minimum atomic E-state index is -1.20. The molecule has 8 aromatic rings. The van der Waals surface area contributed by atoms with Crippen LogP contribution in [0.3, 0.4) is 0 Å². The highest BCUT2D eigenvalue weighted by Crippen LogP contribution is 2.40. The topological polar surface area (TPSA) is 203 Å². The number of anilines is 6. The summed E-state index contributed by atoms with van der Waals surface area (Å²) in [5.41, 5.74) is 7.49. The number of imide groups is 2. The molecule has 4 aromatic heterocycles. The van der Waals surface area contributed by atoms with Crippen LogP contribution in [-0.2, 0) is 25.7 Å². The molecule has 68 heavy (non-hydrogen) atoms. The molecule has 336 valence electrons. The molecule has 16 nitrogen and oxygen atoms in total. The lowest BCUT2D eigenvalue weighted by Crippen LogP contribution is -2.35. The first kappa shape index (κ1) is 42.5. The number of fused-ring (bicyclic) bond motifs is 6. The third-order valence-electron chi connectivity index (χ3n) is 12.8. The summed E-state index contributed by atoms with van der Waals surface area (Å²) in [6, 6.07) is 27.0. The number of amides is 4. The van der Waals surface area contributed by atoms with E-state index >= 15 is 8.78 Å². The maximum Gasteiger partial charge on any atom is 0.433 e. The SMILES string of the molecule is CB(O)N(c1cccc2c1CCC2)c1nc2c(cc1F)c(N1C(=O)c3ccccc3C1=O)nn2B(C)O.O=C1c2ccccc2C(=O)N1c1n[nH]c2nc(Nc3cccc4c3CCC4)c(F)cc12. The third kappa shape index (κ3) is 6.73. The molecule has 0 bridgehead atoms. The zero-order valence-electron chi connectivity index (χ0n) is 36.5. The lowest BCUT2D eigenvalue weighted by atomic mass is 9.83. The van der Waals surface area contributed by atoms with Crippen LogP contribution in [0.2, 0.25) is 13.6 Å². The van der Waals surface area contributed by atoms with E-state index in [1.54, 1.807) is 48.5 Å². The van der Waals surface area contributed by atoms with Crippen molar-refractivity contribution < 1.29 is 38.0 Å². The first-order valence-corrected chi connectivity index (χ1v) is 22.1. The molecular weight excluding hydrogens is 872 g/mol. The Hall–Kier alpha value is -8.09. The lowest BCUT2D eigenvalue weighted by molar-refractivity contribution is 0.0909. The van der Waals surface area contributed by atoms with Gasteiger partial charge in [-0.1, -0.05) is 48.5 Å². The minimum absolute atomic E-state index is 0.0414. The average molecular weight is 911 g/mol. The fourth-order valence-electron chi connectivity index (χ4n) is 9.72. The molecule has 0 saturated carbocycles. The van der Waals surface area contributed by atoms with Crippen LogP contribution < -0.4 is 19.9 Å². The van der Waals surface area contributed by atoms with Crippen molar-refractivity contribution in [1.82, 2.24) is 29.9 Å². The van der Waals surface area contributed by atoms with Gasteiger partial charge in [-0.3, -0.25) is 28.9 Å². The van der Waals surface area contributed by atoms with E-state index in [0.29, 0.717) is 16.8 Å². The van der Waals surface area contributed by atoms with Crippen LogP contribution >= 0.6 is 0 Å². The van der Waals surface area contributed by atoms with Gasteiger partial charge in [-0.25, -0.2) is 28.5 Å². The highest BCUT2D eigenvalue weighted by Gasteiger charge is 2.41. The Labute approximate surface area is 386 Å². The Morgan fingerprint density at radius 1 is 0.662 bits per heavy atom. The van der Waals surface area contributed by atoms with E-state index in [1.165, 1.54) is 35.7 Å². The van der Waals surface area contributed by atoms with Gasteiger partial charge >= 0.3 is 14.1 Å². The maximum absolute atomic E-state index is 15.8. The summed E-state index contributed by atoms with van der Waals surface area (Å²) in [4.78, 5) is 63.9. The zero-order chi connectivity index (χ0) is 47.1. The quantitative estimate of drug-likeness (QED) is 0.0884. The van der Waals surface area contributed by atoms with Crippen molar-refractivity contribution in [3.05, 3.63) is 153 Å². The molecule has 4 aromatic carbocycles. The van der Waals surface area contributed by atoms with Gasteiger partial charge in [0.15, 0.2) is 46.2 Å². The van der Waals surface area contributed by atoms with Crippen molar-refractivity contribution >= 4 is 94.4 Å². The Bertz CT molecular complexity index is 3400. The van der Waals surface area contributed by atoms with E-state index in [1.807, 2.05) is 30.3 Å². The van der Waals surface area contributed by atoms with E-state index in [2.05, 4.69) is 36.6 Å². The number of aromatic nitrogens is 6. The van der Waals surface area contributed by atoms with Crippen LogP contribution in [0.25, 0.3) is 22.1 Å². The molecule has 4 aliphatic rings. The number of aryl methyl sites for hydroxylation is 2. The molecule has 4 amide bonds. The van der Waals surface area contributed by atoms with Crippen LogP contribution in [0.4, 0.5) is 43.4 Å². The largest absolute Gasteiger partial charge is 0.433 e. The lowest BCUT2D eigenvalue weighted by Gasteiger charge is -2.27. The van der Waals surface area contributed by atoms with Gasteiger partial charge in [0.2, 0.25) is 0 Å². The molecule has 4 N–H and O–H groups in total. The first-order valence-electron chi connectivity index (χ1n) is 22.1. The summed E-state index contributed by atoms with van der Waals surface area (Å²) in [5.74, 6) is -3.70. The standard InChI is InChI=1S/C25H22B2FN5O4.C23H16FN5O2/c1-26(36)32(20-12-6-8-14-7-5-11-15(14)20)23-19(28)13-18-21(29-23)33(27(2)37)30-22(18)31-24(34)16-9-3-4-10-17(16)25(31)35;24-17-11-16-19(26-20(17)25-18-10-4-6-12-5-3-9-13(12)18)27-28-21(16)29-22(30)14-7-1-2-8-15(14)23(29)31/h3-4,6,8-10,12-13,36-37H,5,7,11H2,1-2H3;1-2,4,6-8,10-11H,3,5,9H2,(H2,25,26,27,28). The van der Waals surface area contributed by atoms with Crippen LogP contribution in [0.5, 0.6) is 0 Å². The highest BCUT2D eigenvalue weighted by molar-refractivity contribution is 6.56. The minimum Gasteiger partial charge on any atom is -0.432 e. The molecule has 2 aliphatic heterocycles. The fraction of sp³-hybridized carbons (Fsp3) is 0.167. The number of halogens is 2. The summed E-state index contributed by atoms with van der Waals surface area (Å²) in [5, 5.41) is 35.8. The van der Waals surface area contributed by atoms with Gasteiger partial charge in [-0.2, -0.15) is 10.2 Å². The second kappa shape index (κ2) is 16.4. The monoisotopic (exact) mass is 910 g/mol. The molecule has 2 aliphatic carbocycles. The Morgan fingerprint density at radius 2 is 1.22 bits per heavy atom. The summed E-state index contributed by atoms with van der Waals surface area (Å²) in [6.07, 6.45) is 5.71. The fourth-order valence-corrected chi connectivity index (χ4v) is 9.72. The number of benzene rings is 4. The molecule has 0 radical (unpaired) electrons. The van der Waals surface area contributed by atoms with Crippen LogP contribution in [0.15, 0.2) is 97.1 Å². The number of aromatic amines is 1. The average Bonchev–Trinajstić information content (AvgIpc) is 4.21. The summed E-state index contributed by atoms with van der Waals surface area (Å²) >= 11 is 0. The van der Waals surface area contributed by atoms with Crippen LogP contribution in [0.1, 0.15) is 76.5 Å². The molecule has 0 unspecified atom stereocenters.